The zero-order valence-electron chi connectivity index (χ0n) is 11.8. The molecule has 0 fully saturated rings. The molecular weight excluding hydrogens is 248 g/mol. The second-order valence-electron chi connectivity index (χ2n) is 5.47. The van der Waals surface area contributed by atoms with Crippen LogP contribution in [0.3, 0.4) is 0 Å². The van der Waals surface area contributed by atoms with Crippen LogP contribution < -0.4 is 23.2 Å². The number of urea groups is 2. The zero-order chi connectivity index (χ0) is 15.1. The minimum absolute atomic E-state index is 0.101. The summed E-state index contributed by atoms with van der Waals surface area (Å²) in [6, 6.07) is -1.26. The van der Waals surface area contributed by atoms with Crippen LogP contribution in [0.2, 0.25) is 0 Å². The monoisotopic (exact) mass is 274 g/mol. The Morgan fingerprint density at radius 2 is 1.47 bits per heavy atom. The van der Waals surface area contributed by atoms with E-state index in [4.69, 9.17) is 23.2 Å². The first kappa shape index (κ1) is 17.5. The predicted molar refractivity (Wildman–Crippen MR) is 73.2 cm³/mol. The molecule has 0 heterocycles. The van der Waals surface area contributed by atoms with Gasteiger partial charge in [0.05, 0.1) is 0 Å². The number of unbranched alkanes of at least 4 members (excludes halogenated alkanes) is 2. The highest BCUT2D eigenvalue weighted by Gasteiger charge is 2.21. The fraction of sp³-hybridized carbons (Fsp3) is 0.818. The number of hydrazine groups is 2. The van der Waals surface area contributed by atoms with Crippen molar-refractivity contribution in [3.63, 3.8) is 0 Å². The van der Waals surface area contributed by atoms with E-state index in [9.17, 15) is 9.59 Å². The molecule has 0 atom stereocenters. The highest BCUT2D eigenvalue weighted by Crippen LogP contribution is 2.24. The molecule has 0 aromatic heterocycles. The fourth-order valence-corrected chi connectivity index (χ4v) is 1.79. The molecule has 8 heteroatoms. The van der Waals surface area contributed by atoms with Crippen molar-refractivity contribution in [1.29, 1.82) is 0 Å². The standard InChI is InChI=1S/C11H26N6O2/c1-11(2,8-17(15)10(13)19)6-4-3-5-7-16(14)9(12)18/h3-8,14-15H2,1-2H3,(H2,12,18)(H2,13,19). The van der Waals surface area contributed by atoms with Crippen molar-refractivity contribution in [3.05, 3.63) is 0 Å². The Morgan fingerprint density at radius 1 is 0.947 bits per heavy atom. The van der Waals surface area contributed by atoms with Gasteiger partial charge in [0.25, 0.3) is 0 Å². The van der Waals surface area contributed by atoms with Crippen LogP contribution in [0.15, 0.2) is 0 Å². The molecule has 19 heavy (non-hydrogen) atoms. The van der Waals surface area contributed by atoms with Gasteiger partial charge >= 0.3 is 12.1 Å². The van der Waals surface area contributed by atoms with E-state index in [1.165, 1.54) is 0 Å². The van der Waals surface area contributed by atoms with Crippen LogP contribution in [0.1, 0.15) is 39.5 Å². The first-order chi connectivity index (χ1) is 8.65. The Balaban J connectivity index is 3.81. The summed E-state index contributed by atoms with van der Waals surface area (Å²) in [4.78, 5) is 21.5. The smallest absolute Gasteiger partial charge is 0.328 e. The van der Waals surface area contributed by atoms with Crippen LogP contribution in [0.5, 0.6) is 0 Å². The average molecular weight is 274 g/mol. The maximum Gasteiger partial charge on any atom is 0.328 e. The topological polar surface area (TPSA) is 145 Å². The summed E-state index contributed by atoms with van der Waals surface area (Å²) in [5, 5.41) is 2.02. The largest absolute Gasteiger partial charge is 0.350 e. The number of carbonyl (C=O) groups excluding carboxylic acids is 2. The SMILES string of the molecule is CC(C)(CCCCCN(N)C(N)=O)CN(N)C(N)=O. The van der Waals surface area contributed by atoms with Gasteiger partial charge in [0.2, 0.25) is 0 Å². The van der Waals surface area contributed by atoms with Crippen molar-refractivity contribution in [2.45, 2.75) is 39.5 Å². The van der Waals surface area contributed by atoms with Gasteiger partial charge in [-0.2, -0.15) is 0 Å². The predicted octanol–water partition coefficient (Wildman–Crippen LogP) is 0.0818. The average Bonchev–Trinajstić information content (AvgIpc) is 2.27. The molecule has 0 saturated carbocycles. The molecule has 0 aliphatic carbocycles. The lowest BCUT2D eigenvalue weighted by molar-refractivity contribution is 0.169. The first-order valence-electron chi connectivity index (χ1n) is 6.29. The molecule has 0 saturated heterocycles. The van der Waals surface area contributed by atoms with Crippen molar-refractivity contribution in [3.8, 4) is 0 Å². The fourth-order valence-electron chi connectivity index (χ4n) is 1.79. The summed E-state index contributed by atoms with van der Waals surface area (Å²) in [7, 11) is 0. The second-order valence-corrected chi connectivity index (χ2v) is 5.47. The number of rotatable bonds is 8. The summed E-state index contributed by atoms with van der Waals surface area (Å²) in [5.74, 6) is 10.9. The van der Waals surface area contributed by atoms with Crippen molar-refractivity contribution >= 4 is 12.1 Å². The van der Waals surface area contributed by atoms with Gasteiger partial charge in [0, 0.05) is 13.1 Å². The quantitative estimate of drug-likeness (QED) is 0.215. The van der Waals surface area contributed by atoms with Gasteiger partial charge in [-0.25, -0.2) is 21.3 Å². The van der Waals surface area contributed by atoms with E-state index in [1.54, 1.807) is 0 Å². The van der Waals surface area contributed by atoms with Gasteiger partial charge < -0.3 is 11.5 Å². The lowest BCUT2D eigenvalue weighted by Crippen LogP contribution is -2.46. The van der Waals surface area contributed by atoms with Crippen LogP contribution in [0.4, 0.5) is 9.59 Å². The van der Waals surface area contributed by atoms with Gasteiger partial charge in [-0.1, -0.05) is 26.7 Å². The molecule has 8 nitrogen and oxygen atoms in total. The molecule has 8 N–H and O–H groups in total. The van der Waals surface area contributed by atoms with E-state index in [2.05, 4.69) is 0 Å². The van der Waals surface area contributed by atoms with E-state index >= 15 is 0 Å². The Kier molecular flexibility index (Phi) is 7.17. The third-order valence-electron chi connectivity index (χ3n) is 2.92. The van der Waals surface area contributed by atoms with Crippen LogP contribution >= 0.6 is 0 Å². The van der Waals surface area contributed by atoms with E-state index in [0.29, 0.717) is 13.1 Å². The molecule has 0 bridgehead atoms. The minimum atomic E-state index is -0.631. The van der Waals surface area contributed by atoms with E-state index in [0.717, 1.165) is 35.7 Å². The van der Waals surface area contributed by atoms with E-state index < -0.39 is 12.1 Å². The Hall–Kier alpha value is -1.54. The van der Waals surface area contributed by atoms with Crippen LogP contribution in [-0.4, -0.2) is 35.2 Å². The number of nitrogens with zero attached hydrogens (tertiary/aromatic N) is 2. The molecule has 0 aliphatic heterocycles. The van der Waals surface area contributed by atoms with Crippen LogP contribution in [0, 0.1) is 5.41 Å². The molecule has 0 aromatic carbocycles. The molecule has 0 rings (SSSR count). The summed E-state index contributed by atoms with van der Waals surface area (Å²) >= 11 is 0. The third-order valence-corrected chi connectivity index (χ3v) is 2.92. The number of carbonyl (C=O) groups is 2. The highest BCUT2D eigenvalue weighted by atomic mass is 16.2. The first-order valence-corrected chi connectivity index (χ1v) is 6.29. The maximum atomic E-state index is 10.9. The van der Waals surface area contributed by atoms with Crippen molar-refractivity contribution in [2.24, 2.45) is 28.6 Å². The lowest BCUT2D eigenvalue weighted by Gasteiger charge is -2.29. The minimum Gasteiger partial charge on any atom is -0.350 e. The summed E-state index contributed by atoms with van der Waals surface area (Å²) in [6.07, 6.45) is 3.56. The molecule has 0 aliphatic rings. The molecule has 0 radical (unpaired) electrons. The Labute approximate surface area is 114 Å². The molecule has 0 unspecified atom stereocenters. The number of primary amides is 2. The van der Waals surface area contributed by atoms with Crippen molar-refractivity contribution in [2.75, 3.05) is 13.1 Å². The number of nitrogens with two attached hydrogens (primary N) is 4. The maximum absolute atomic E-state index is 10.9. The Morgan fingerprint density at radius 3 is 1.95 bits per heavy atom. The van der Waals surface area contributed by atoms with Gasteiger partial charge in [-0.05, 0) is 18.3 Å². The van der Waals surface area contributed by atoms with Crippen LogP contribution in [-0.2, 0) is 0 Å². The highest BCUT2D eigenvalue weighted by molar-refractivity contribution is 5.71. The molecule has 0 spiro atoms. The molecule has 4 amide bonds. The van der Waals surface area contributed by atoms with Crippen molar-refractivity contribution in [1.82, 2.24) is 10.0 Å². The molecule has 0 aromatic rings. The normalized spacial score (nSPS) is 11.2. The number of hydrogen-bond donors (Lipinski definition) is 4. The zero-order valence-corrected chi connectivity index (χ0v) is 11.8. The van der Waals surface area contributed by atoms with Gasteiger partial charge in [-0.15, -0.1) is 0 Å². The molecule has 112 valence electrons. The van der Waals surface area contributed by atoms with Crippen molar-refractivity contribution < 1.29 is 9.59 Å². The van der Waals surface area contributed by atoms with Gasteiger partial charge in [-0.3, -0.25) is 10.0 Å². The van der Waals surface area contributed by atoms with Gasteiger partial charge in [0.15, 0.2) is 0 Å². The molecular formula is C11H26N6O2. The Bertz CT molecular complexity index is 308. The lowest BCUT2D eigenvalue weighted by atomic mass is 9.86. The van der Waals surface area contributed by atoms with Gasteiger partial charge in [0.1, 0.15) is 0 Å². The van der Waals surface area contributed by atoms with Crippen LogP contribution in [0.25, 0.3) is 0 Å². The number of amides is 4. The third kappa shape index (κ3) is 8.22. The summed E-state index contributed by atoms with van der Waals surface area (Å²) in [5.41, 5.74) is 9.98. The number of hydrogen-bond acceptors (Lipinski definition) is 4. The summed E-state index contributed by atoms with van der Waals surface area (Å²) < 4.78 is 0. The summed E-state index contributed by atoms with van der Waals surface area (Å²) in [6.45, 7) is 4.90. The second kappa shape index (κ2) is 7.80. The van der Waals surface area contributed by atoms with E-state index in [-0.39, 0.29) is 5.41 Å². The van der Waals surface area contributed by atoms with E-state index in [1.807, 2.05) is 13.8 Å².